The van der Waals surface area contributed by atoms with Gasteiger partial charge in [-0.15, -0.1) is 0 Å². The molecule has 9 heteroatoms. The first kappa shape index (κ1) is 23.1. The molecule has 2 aromatic rings. The van der Waals surface area contributed by atoms with Crippen molar-refractivity contribution in [3.63, 3.8) is 0 Å². The van der Waals surface area contributed by atoms with Gasteiger partial charge in [-0.2, -0.15) is 4.31 Å². The Hall–Kier alpha value is -2.16. The van der Waals surface area contributed by atoms with Gasteiger partial charge in [0.15, 0.2) is 0 Å². The maximum Gasteiger partial charge on any atom is 0.407 e. The molecule has 1 N–H and O–H groups in total. The number of nitrogens with one attached hydrogen (secondary N) is 1. The van der Waals surface area contributed by atoms with Gasteiger partial charge in [0.05, 0.1) is 12.0 Å². The lowest BCUT2D eigenvalue weighted by molar-refractivity contribution is 0.170. The minimum Gasteiger partial charge on any atom is -0.453 e. The molecule has 1 aromatic heterocycles. The molecule has 2 heterocycles. The fourth-order valence-corrected chi connectivity index (χ4v) is 4.74. The Balaban J connectivity index is 0.000000221. The third-order valence-corrected chi connectivity index (χ3v) is 6.81. The number of hydrogen-bond acceptors (Lipinski definition) is 5. The molecule has 158 valence electrons. The van der Waals surface area contributed by atoms with Crippen molar-refractivity contribution in [2.45, 2.75) is 43.7 Å². The molecular weight excluding hydrogens is 414 g/mol. The van der Waals surface area contributed by atoms with Crippen LogP contribution in [0, 0.1) is 0 Å². The Morgan fingerprint density at radius 2 is 1.86 bits per heavy atom. The average molecular weight is 440 g/mol. The number of alkyl carbamates (subject to hydrolysis) is 1. The fourth-order valence-electron chi connectivity index (χ4n) is 2.92. The molecule has 1 saturated heterocycles. The van der Waals surface area contributed by atoms with Gasteiger partial charge in [-0.3, -0.25) is 4.98 Å². The number of aromatic nitrogens is 1. The van der Waals surface area contributed by atoms with E-state index in [9.17, 15) is 13.2 Å². The molecule has 1 aromatic carbocycles. The van der Waals surface area contributed by atoms with E-state index in [1.807, 2.05) is 19.1 Å². The number of hydrogen-bond donors (Lipinski definition) is 1. The first-order valence-corrected chi connectivity index (χ1v) is 11.1. The highest BCUT2D eigenvalue weighted by Crippen LogP contribution is 2.25. The molecule has 0 bridgehead atoms. The minimum absolute atomic E-state index is 0.0874. The van der Waals surface area contributed by atoms with E-state index in [2.05, 4.69) is 15.0 Å². The number of rotatable bonds is 4. The van der Waals surface area contributed by atoms with E-state index in [0.717, 1.165) is 24.8 Å². The summed E-state index contributed by atoms with van der Waals surface area (Å²) in [5.41, 5.74) is 0.996. The van der Waals surface area contributed by atoms with Crippen molar-refractivity contribution in [1.82, 2.24) is 14.6 Å². The lowest BCUT2D eigenvalue weighted by Gasteiger charge is -2.32. The second-order valence-corrected chi connectivity index (χ2v) is 8.94. The fraction of sp³-hybridized carbons (Fsp3) is 0.400. The topological polar surface area (TPSA) is 88.6 Å². The number of ether oxygens (including phenoxy) is 1. The second-order valence-electron chi connectivity index (χ2n) is 6.62. The molecule has 7 nitrogen and oxygen atoms in total. The summed E-state index contributed by atoms with van der Waals surface area (Å²) in [7, 11) is -2.02. The third kappa shape index (κ3) is 6.99. The Morgan fingerprint density at radius 3 is 2.45 bits per heavy atom. The van der Waals surface area contributed by atoms with Crippen molar-refractivity contribution >= 4 is 27.7 Å². The van der Waals surface area contributed by atoms with E-state index in [-0.39, 0.29) is 6.04 Å². The van der Waals surface area contributed by atoms with Crippen molar-refractivity contribution in [2.24, 2.45) is 0 Å². The third-order valence-electron chi connectivity index (χ3n) is 4.53. The van der Waals surface area contributed by atoms with Gasteiger partial charge in [-0.25, -0.2) is 13.2 Å². The summed E-state index contributed by atoms with van der Waals surface area (Å²) in [5.74, 6) is 0. The summed E-state index contributed by atoms with van der Waals surface area (Å²) >= 11 is 5.77. The zero-order chi connectivity index (χ0) is 21.3. The maximum absolute atomic E-state index is 12.4. The van der Waals surface area contributed by atoms with Crippen LogP contribution in [0.15, 0.2) is 53.7 Å². The van der Waals surface area contributed by atoms with Crippen LogP contribution < -0.4 is 5.32 Å². The molecule has 0 unspecified atom stereocenters. The van der Waals surface area contributed by atoms with Gasteiger partial charge in [-0.05, 0) is 61.7 Å². The normalized spacial score (nSPS) is 17.0. The molecule has 0 saturated carbocycles. The zero-order valence-electron chi connectivity index (χ0n) is 16.5. The summed E-state index contributed by atoms with van der Waals surface area (Å²) in [6.07, 6.45) is 5.91. The van der Waals surface area contributed by atoms with Crippen LogP contribution in [0.25, 0.3) is 0 Å². The summed E-state index contributed by atoms with van der Waals surface area (Å²) in [5, 5.41) is 3.11. The molecule has 1 amide bonds. The molecule has 0 aliphatic carbocycles. The summed E-state index contributed by atoms with van der Waals surface area (Å²) < 4.78 is 30.8. The van der Waals surface area contributed by atoms with Crippen molar-refractivity contribution in [1.29, 1.82) is 0 Å². The number of methoxy groups -OCH3 is 1. The second kappa shape index (κ2) is 11.1. The van der Waals surface area contributed by atoms with Gasteiger partial charge >= 0.3 is 6.09 Å². The van der Waals surface area contributed by atoms with Crippen LogP contribution >= 0.6 is 11.6 Å². The predicted octanol–water partition coefficient (Wildman–Crippen LogP) is 3.84. The van der Waals surface area contributed by atoms with E-state index in [1.54, 1.807) is 41.0 Å². The van der Waals surface area contributed by atoms with E-state index < -0.39 is 16.1 Å². The summed E-state index contributed by atoms with van der Waals surface area (Å²) in [6.45, 7) is 3.05. The number of carbonyl (C=O) groups is 1. The molecule has 3 rings (SSSR count). The van der Waals surface area contributed by atoms with Crippen molar-refractivity contribution in [2.75, 3.05) is 13.7 Å². The number of nitrogens with zero attached hydrogens (tertiary/aromatic N) is 2. The standard InChI is InChI=1S/C12H16ClNO2S.C8H10N2O2/c1-10-4-2-3-9-14(10)17(15,16)12-7-5-11(13)6-8-12;1-12-8(11)10-6-7-2-4-9-5-3-7/h5-8,10H,2-4,9H2,1H3;2-5H,6H2,1H3,(H,10,11)/t10-;/m1./s1. The van der Waals surface area contributed by atoms with Gasteiger partial charge in [0.1, 0.15) is 0 Å². The Labute approximate surface area is 177 Å². The van der Waals surface area contributed by atoms with Crippen LogP contribution in [0.5, 0.6) is 0 Å². The molecule has 1 atom stereocenters. The number of benzene rings is 1. The number of sulfonamides is 1. The maximum atomic E-state index is 12.4. The highest BCUT2D eigenvalue weighted by Gasteiger charge is 2.30. The predicted molar refractivity (Wildman–Crippen MR) is 112 cm³/mol. The van der Waals surface area contributed by atoms with E-state index in [1.165, 1.54) is 7.11 Å². The molecule has 1 aliphatic heterocycles. The molecule has 0 radical (unpaired) electrons. The van der Waals surface area contributed by atoms with Gasteiger partial charge < -0.3 is 10.1 Å². The first-order valence-electron chi connectivity index (χ1n) is 9.32. The first-order chi connectivity index (χ1) is 13.8. The molecule has 1 aliphatic rings. The lowest BCUT2D eigenvalue weighted by atomic mass is 10.1. The number of amides is 1. The van der Waals surface area contributed by atoms with Gasteiger partial charge in [0, 0.05) is 36.5 Å². The lowest BCUT2D eigenvalue weighted by Crippen LogP contribution is -2.41. The van der Waals surface area contributed by atoms with Crippen molar-refractivity contribution in [3.05, 3.63) is 59.4 Å². The minimum atomic E-state index is -3.35. The van der Waals surface area contributed by atoms with Crippen molar-refractivity contribution in [3.8, 4) is 0 Å². The number of carbonyl (C=O) groups excluding carboxylic acids is 1. The largest absolute Gasteiger partial charge is 0.453 e. The van der Waals surface area contributed by atoms with E-state index >= 15 is 0 Å². The monoisotopic (exact) mass is 439 g/mol. The van der Waals surface area contributed by atoms with Crippen LogP contribution in [-0.2, 0) is 21.3 Å². The highest BCUT2D eigenvalue weighted by molar-refractivity contribution is 7.89. The van der Waals surface area contributed by atoms with Crippen LogP contribution in [0.3, 0.4) is 0 Å². The van der Waals surface area contributed by atoms with Crippen LogP contribution in [0.2, 0.25) is 5.02 Å². The quantitative estimate of drug-likeness (QED) is 0.781. The number of halogens is 1. The van der Waals surface area contributed by atoms with Gasteiger partial charge in [0.25, 0.3) is 0 Å². The zero-order valence-corrected chi connectivity index (χ0v) is 18.1. The Bertz CT molecular complexity index is 876. The van der Waals surface area contributed by atoms with Crippen LogP contribution in [-0.4, -0.2) is 43.5 Å². The van der Waals surface area contributed by atoms with Crippen molar-refractivity contribution < 1.29 is 17.9 Å². The Kier molecular flexibility index (Phi) is 8.88. The smallest absolute Gasteiger partial charge is 0.407 e. The molecule has 29 heavy (non-hydrogen) atoms. The molecule has 0 spiro atoms. The van der Waals surface area contributed by atoms with E-state index in [4.69, 9.17) is 11.6 Å². The Morgan fingerprint density at radius 1 is 1.21 bits per heavy atom. The highest BCUT2D eigenvalue weighted by atomic mass is 35.5. The number of pyridine rings is 1. The van der Waals surface area contributed by atoms with Crippen LogP contribution in [0.1, 0.15) is 31.7 Å². The number of piperidine rings is 1. The molecule has 1 fully saturated rings. The van der Waals surface area contributed by atoms with Gasteiger partial charge in [-0.1, -0.05) is 18.0 Å². The summed E-state index contributed by atoms with van der Waals surface area (Å²) in [4.78, 5) is 14.8. The van der Waals surface area contributed by atoms with E-state index in [0.29, 0.717) is 23.0 Å². The molecular formula is C20H26ClN3O4S. The van der Waals surface area contributed by atoms with Crippen LogP contribution in [0.4, 0.5) is 4.79 Å². The summed E-state index contributed by atoms with van der Waals surface area (Å²) in [6, 6.07) is 10.1. The average Bonchev–Trinajstić information content (AvgIpc) is 2.73. The van der Waals surface area contributed by atoms with Gasteiger partial charge in [0.2, 0.25) is 10.0 Å². The SMILES string of the molecule is COC(=O)NCc1ccncc1.C[C@@H]1CCCCN1S(=O)(=O)c1ccc(Cl)cc1.